The lowest BCUT2D eigenvalue weighted by molar-refractivity contribution is -0.177. The largest absolute Gasteiger partial charge is 0.481 e. The minimum Gasteiger partial charge on any atom is -0.481 e. The Morgan fingerprint density at radius 3 is 1.40 bits per heavy atom. The molecule has 0 atom stereocenters. The molecule has 0 radical (unpaired) electrons. The first kappa shape index (κ1) is 25.1. The third kappa shape index (κ3) is 11.9. The average Bonchev–Trinajstić information content (AvgIpc) is 2.48. The van der Waals surface area contributed by atoms with E-state index >= 15 is 0 Å². The summed E-state index contributed by atoms with van der Waals surface area (Å²) in [5, 5.41) is 18.1. The summed E-state index contributed by atoms with van der Waals surface area (Å²) in [6.45, 7) is 8.25. The highest BCUT2D eigenvalue weighted by Gasteiger charge is 2.43. The molecule has 0 aliphatic carbocycles. The molecule has 146 valence electrons. The van der Waals surface area contributed by atoms with Crippen molar-refractivity contribution in [2.45, 2.75) is 53.1 Å². The number of esters is 3. The van der Waals surface area contributed by atoms with Crippen LogP contribution in [0.5, 0.6) is 0 Å². The third-order valence-corrected chi connectivity index (χ3v) is 2.63. The molecule has 0 aromatic carbocycles. The van der Waals surface area contributed by atoms with Crippen LogP contribution in [-0.2, 0) is 33.4 Å². The van der Waals surface area contributed by atoms with Gasteiger partial charge in [0, 0.05) is 0 Å². The molecular formula is C16H28O9. The van der Waals surface area contributed by atoms with E-state index in [1.54, 1.807) is 34.6 Å². The predicted molar refractivity (Wildman–Crippen MR) is 86.6 cm³/mol. The second kappa shape index (κ2) is 13.2. The number of rotatable bonds is 9. The van der Waals surface area contributed by atoms with Crippen LogP contribution in [-0.4, -0.2) is 59.5 Å². The van der Waals surface area contributed by atoms with Crippen LogP contribution in [0, 0.1) is 5.92 Å². The molecule has 0 bridgehead atoms. The van der Waals surface area contributed by atoms with E-state index in [0.717, 1.165) is 0 Å². The second-order valence-corrected chi connectivity index (χ2v) is 5.21. The maximum absolute atomic E-state index is 11.7. The van der Waals surface area contributed by atoms with E-state index in [1.807, 2.05) is 0 Å². The van der Waals surface area contributed by atoms with Crippen LogP contribution in [0.25, 0.3) is 0 Å². The predicted octanol–water partition coefficient (Wildman–Crippen LogP) is 0.914. The van der Waals surface area contributed by atoms with Crippen molar-refractivity contribution in [2.24, 2.45) is 5.92 Å². The first-order valence-corrected chi connectivity index (χ1v) is 7.97. The maximum atomic E-state index is 11.7. The molecule has 0 aliphatic rings. The van der Waals surface area contributed by atoms with Crippen LogP contribution < -0.4 is 0 Å². The van der Waals surface area contributed by atoms with E-state index in [4.69, 9.17) is 5.11 Å². The Kier molecular flexibility index (Phi) is 13.2. The summed E-state index contributed by atoms with van der Waals surface area (Å²) in [5.74, 6) is -3.60. The zero-order chi connectivity index (χ0) is 20.0. The minimum atomic E-state index is -2.26. The third-order valence-electron chi connectivity index (χ3n) is 2.63. The number of ether oxygens (including phenoxy) is 3. The molecule has 0 fully saturated rings. The van der Waals surface area contributed by atoms with Gasteiger partial charge in [0.1, 0.15) is 0 Å². The lowest BCUT2D eigenvalue weighted by Crippen LogP contribution is -2.44. The van der Waals surface area contributed by atoms with Gasteiger partial charge in [-0.1, -0.05) is 13.8 Å². The van der Waals surface area contributed by atoms with Gasteiger partial charge in [0.25, 0.3) is 0 Å². The van der Waals surface area contributed by atoms with Gasteiger partial charge in [-0.2, -0.15) is 0 Å². The van der Waals surface area contributed by atoms with Crippen molar-refractivity contribution in [3.05, 3.63) is 0 Å². The van der Waals surface area contributed by atoms with E-state index in [0.29, 0.717) is 0 Å². The van der Waals surface area contributed by atoms with Crippen LogP contribution >= 0.6 is 0 Å². The molecule has 9 nitrogen and oxygen atoms in total. The number of aliphatic hydroxyl groups is 1. The van der Waals surface area contributed by atoms with Gasteiger partial charge in [0.05, 0.1) is 38.6 Å². The number of carboxylic acids is 1. The highest BCUT2D eigenvalue weighted by molar-refractivity contribution is 5.90. The smallest absolute Gasteiger partial charge is 0.339 e. The van der Waals surface area contributed by atoms with Gasteiger partial charge in [-0.15, -0.1) is 0 Å². The fourth-order valence-corrected chi connectivity index (χ4v) is 1.37. The van der Waals surface area contributed by atoms with Gasteiger partial charge in [-0.25, -0.2) is 4.79 Å². The Morgan fingerprint density at radius 1 is 0.840 bits per heavy atom. The number of carbonyl (C=O) groups is 4. The first-order chi connectivity index (χ1) is 11.5. The van der Waals surface area contributed by atoms with Crippen molar-refractivity contribution in [3.63, 3.8) is 0 Å². The normalized spacial score (nSPS) is 10.4. The summed E-state index contributed by atoms with van der Waals surface area (Å²) in [6, 6.07) is 0. The highest BCUT2D eigenvalue weighted by Crippen LogP contribution is 2.19. The standard InChI is InChI=1S/C12H20O7.C4H8O2/c1-4-17-9(13)7-12(16,11(15)19-6-3)8-10(14)18-5-2;1-3(2)4(5)6/h16H,4-8H2,1-3H3;3H,1-2H3,(H,5,6). The van der Waals surface area contributed by atoms with Crippen LogP contribution in [0.4, 0.5) is 0 Å². The van der Waals surface area contributed by atoms with Gasteiger partial charge < -0.3 is 24.4 Å². The van der Waals surface area contributed by atoms with Gasteiger partial charge in [-0.05, 0) is 20.8 Å². The zero-order valence-electron chi connectivity index (χ0n) is 15.4. The van der Waals surface area contributed by atoms with Crippen molar-refractivity contribution in [1.29, 1.82) is 0 Å². The second-order valence-electron chi connectivity index (χ2n) is 5.21. The molecule has 25 heavy (non-hydrogen) atoms. The molecule has 0 unspecified atom stereocenters. The Labute approximate surface area is 147 Å². The zero-order valence-corrected chi connectivity index (χ0v) is 15.4. The average molecular weight is 364 g/mol. The minimum absolute atomic E-state index is 0.0206. The molecule has 0 aromatic rings. The molecule has 0 heterocycles. The van der Waals surface area contributed by atoms with E-state index in [-0.39, 0.29) is 25.7 Å². The lowest BCUT2D eigenvalue weighted by atomic mass is 9.95. The summed E-state index contributed by atoms with van der Waals surface area (Å²) in [6.07, 6.45) is -1.31. The van der Waals surface area contributed by atoms with Crippen LogP contribution in [0.2, 0.25) is 0 Å². The molecule has 0 rings (SSSR count). The van der Waals surface area contributed by atoms with Crippen LogP contribution in [0.15, 0.2) is 0 Å². The quantitative estimate of drug-likeness (QED) is 0.452. The Balaban J connectivity index is 0. The molecular weight excluding hydrogens is 336 g/mol. The molecule has 0 spiro atoms. The molecule has 0 aromatic heterocycles. The van der Waals surface area contributed by atoms with E-state index in [9.17, 15) is 24.3 Å². The Morgan fingerprint density at radius 2 is 1.16 bits per heavy atom. The van der Waals surface area contributed by atoms with E-state index in [2.05, 4.69) is 14.2 Å². The number of aliphatic carboxylic acids is 1. The van der Waals surface area contributed by atoms with Crippen molar-refractivity contribution >= 4 is 23.9 Å². The molecule has 0 saturated heterocycles. The topological polar surface area (TPSA) is 136 Å². The molecule has 9 heteroatoms. The monoisotopic (exact) mass is 364 g/mol. The summed E-state index contributed by atoms with van der Waals surface area (Å²) in [7, 11) is 0. The molecule has 0 saturated carbocycles. The van der Waals surface area contributed by atoms with E-state index in [1.165, 1.54) is 0 Å². The fraction of sp³-hybridized carbons (Fsp3) is 0.750. The number of carboxylic acid groups (broad SMARTS) is 1. The van der Waals surface area contributed by atoms with Gasteiger partial charge >= 0.3 is 23.9 Å². The number of hydrogen-bond donors (Lipinski definition) is 2. The fourth-order valence-electron chi connectivity index (χ4n) is 1.37. The Hall–Kier alpha value is -2.16. The highest BCUT2D eigenvalue weighted by atomic mass is 16.6. The van der Waals surface area contributed by atoms with Crippen LogP contribution in [0.1, 0.15) is 47.5 Å². The molecule has 0 aliphatic heterocycles. The van der Waals surface area contributed by atoms with Gasteiger partial charge in [0.15, 0.2) is 5.60 Å². The van der Waals surface area contributed by atoms with Crippen molar-refractivity contribution in [3.8, 4) is 0 Å². The number of carbonyl (C=O) groups excluding carboxylic acids is 3. The first-order valence-electron chi connectivity index (χ1n) is 7.97. The molecule has 0 amide bonds. The Bertz CT molecular complexity index is 423. The summed E-state index contributed by atoms with van der Waals surface area (Å²) >= 11 is 0. The van der Waals surface area contributed by atoms with Gasteiger partial charge in [-0.3, -0.25) is 14.4 Å². The van der Waals surface area contributed by atoms with E-state index < -0.39 is 42.3 Å². The number of hydrogen-bond acceptors (Lipinski definition) is 8. The summed E-state index contributed by atoms with van der Waals surface area (Å²) < 4.78 is 14.0. The van der Waals surface area contributed by atoms with Crippen molar-refractivity contribution in [1.82, 2.24) is 0 Å². The summed E-state index contributed by atoms with van der Waals surface area (Å²) in [5.41, 5.74) is -2.26. The summed E-state index contributed by atoms with van der Waals surface area (Å²) in [4.78, 5) is 44.1. The maximum Gasteiger partial charge on any atom is 0.339 e. The van der Waals surface area contributed by atoms with Crippen molar-refractivity contribution < 1.29 is 43.6 Å². The molecule has 2 N–H and O–H groups in total. The lowest BCUT2D eigenvalue weighted by Gasteiger charge is -2.23. The van der Waals surface area contributed by atoms with Gasteiger partial charge in [0.2, 0.25) is 0 Å². The van der Waals surface area contributed by atoms with Crippen LogP contribution in [0.3, 0.4) is 0 Å². The SMILES string of the molecule is CC(C)C(=O)O.CCOC(=O)CC(O)(CC(=O)OCC)C(=O)OCC. The van der Waals surface area contributed by atoms with Crippen molar-refractivity contribution in [2.75, 3.05) is 19.8 Å².